The van der Waals surface area contributed by atoms with Crippen LogP contribution in [-0.2, 0) is 4.74 Å². The highest BCUT2D eigenvalue weighted by atomic mass is 16.5. The van der Waals surface area contributed by atoms with Crippen molar-refractivity contribution in [3.8, 4) is 5.75 Å². The average molecular weight is 332 g/mol. The van der Waals surface area contributed by atoms with E-state index in [1.807, 2.05) is 32.0 Å². The second-order valence-electron chi connectivity index (χ2n) is 6.21. The Kier molecular flexibility index (Phi) is 5.06. The summed E-state index contributed by atoms with van der Waals surface area (Å²) >= 11 is 0. The highest BCUT2D eigenvalue weighted by molar-refractivity contribution is 5.99. The molecule has 2 heterocycles. The number of carbonyl (C=O) groups excluding carboxylic acids is 1. The number of furan rings is 1. The molecule has 3 rings (SSSR count). The minimum Gasteiger partial charge on any atom is -0.497 e. The lowest BCUT2D eigenvalue weighted by Crippen LogP contribution is -2.46. The van der Waals surface area contributed by atoms with E-state index in [9.17, 15) is 4.79 Å². The number of aryl methyl sites for hydroxylation is 1. The van der Waals surface area contributed by atoms with Crippen LogP contribution in [0.2, 0.25) is 0 Å². The average Bonchev–Trinajstić information content (AvgIpc) is 2.92. The molecule has 1 amide bonds. The van der Waals surface area contributed by atoms with E-state index in [0.717, 1.165) is 49.5 Å². The number of morpholine rings is 1. The zero-order chi connectivity index (χ0) is 17.1. The Balaban J connectivity index is 1.70. The molecule has 1 aliphatic rings. The molecule has 1 aromatic carbocycles. The maximum Gasteiger partial charge on any atom is 0.287 e. The van der Waals surface area contributed by atoms with Gasteiger partial charge in [0.25, 0.3) is 5.91 Å². The Labute approximate surface area is 141 Å². The number of rotatable bonds is 5. The Morgan fingerprint density at radius 2 is 2.12 bits per heavy atom. The van der Waals surface area contributed by atoms with Crippen LogP contribution in [0.5, 0.6) is 5.75 Å². The Morgan fingerprint density at radius 1 is 1.38 bits per heavy atom. The lowest BCUT2D eigenvalue weighted by molar-refractivity contribution is 0.0341. The van der Waals surface area contributed by atoms with Crippen molar-refractivity contribution in [3.05, 3.63) is 29.5 Å². The van der Waals surface area contributed by atoms with Crippen molar-refractivity contribution in [2.45, 2.75) is 19.9 Å². The van der Waals surface area contributed by atoms with Crippen LogP contribution >= 0.6 is 0 Å². The third-order valence-electron chi connectivity index (χ3n) is 4.36. The SMILES string of the molecule is COc1ccc2oc(C(=O)N[C@H](C)CN3CCOCC3)c(C)c2c1. The standard InChI is InChI=1S/C18H24N2O4/c1-12(11-20-6-8-23-9-7-20)19-18(21)17-13(2)15-10-14(22-3)4-5-16(15)24-17/h4-5,10,12H,6-9,11H2,1-3H3,(H,19,21)/t12-/m1/s1. The fraction of sp³-hybridized carbons (Fsp3) is 0.500. The summed E-state index contributed by atoms with van der Waals surface area (Å²) in [6, 6.07) is 5.59. The van der Waals surface area contributed by atoms with E-state index in [1.165, 1.54) is 0 Å². The number of ether oxygens (including phenoxy) is 2. The zero-order valence-corrected chi connectivity index (χ0v) is 14.4. The highest BCUT2D eigenvalue weighted by Gasteiger charge is 2.21. The van der Waals surface area contributed by atoms with Gasteiger partial charge in [-0.05, 0) is 32.0 Å². The molecule has 1 aromatic heterocycles. The smallest absolute Gasteiger partial charge is 0.287 e. The van der Waals surface area contributed by atoms with Crippen molar-refractivity contribution in [1.29, 1.82) is 0 Å². The molecule has 2 aromatic rings. The minimum atomic E-state index is -0.177. The van der Waals surface area contributed by atoms with Crippen molar-refractivity contribution < 1.29 is 18.7 Å². The van der Waals surface area contributed by atoms with Gasteiger partial charge in [0.2, 0.25) is 0 Å². The fourth-order valence-electron chi connectivity index (χ4n) is 3.05. The van der Waals surface area contributed by atoms with Crippen molar-refractivity contribution in [2.75, 3.05) is 40.0 Å². The minimum absolute atomic E-state index is 0.0396. The molecule has 130 valence electrons. The van der Waals surface area contributed by atoms with Crippen molar-refractivity contribution in [1.82, 2.24) is 10.2 Å². The monoisotopic (exact) mass is 332 g/mol. The molecule has 0 saturated carbocycles. The van der Waals surface area contributed by atoms with Gasteiger partial charge in [-0.3, -0.25) is 9.69 Å². The Bertz CT molecular complexity index is 719. The van der Waals surface area contributed by atoms with E-state index < -0.39 is 0 Å². The summed E-state index contributed by atoms with van der Waals surface area (Å²) in [6.45, 7) is 8.03. The molecule has 24 heavy (non-hydrogen) atoms. The Hall–Kier alpha value is -2.05. The van der Waals surface area contributed by atoms with Crippen LogP contribution in [0, 0.1) is 6.92 Å². The molecule has 1 aliphatic heterocycles. The van der Waals surface area contributed by atoms with Crippen LogP contribution in [0.25, 0.3) is 11.0 Å². The number of carbonyl (C=O) groups is 1. The molecule has 1 fully saturated rings. The van der Waals surface area contributed by atoms with E-state index in [1.54, 1.807) is 7.11 Å². The topological polar surface area (TPSA) is 63.9 Å². The van der Waals surface area contributed by atoms with Crippen LogP contribution in [0.1, 0.15) is 23.0 Å². The number of hydrogen-bond donors (Lipinski definition) is 1. The molecule has 0 radical (unpaired) electrons. The lowest BCUT2D eigenvalue weighted by atomic mass is 10.1. The van der Waals surface area contributed by atoms with Gasteiger partial charge in [0, 0.05) is 36.6 Å². The molecule has 1 atom stereocenters. The maximum atomic E-state index is 12.6. The van der Waals surface area contributed by atoms with E-state index in [2.05, 4.69) is 10.2 Å². The van der Waals surface area contributed by atoms with Crippen LogP contribution in [0.15, 0.2) is 22.6 Å². The van der Waals surface area contributed by atoms with E-state index in [-0.39, 0.29) is 11.9 Å². The molecule has 0 bridgehead atoms. The van der Waals surface area contributed by atoms with Gasteiger partial charge in [-0.15, -0.1) is 0 Å². The number of amides is 1. The molecule has 6 heteroatoms. The summed E-state index contributed by atoms with van der Waals surface area (Å²) in [4.78, 5) is 14.9. The molecule has 0 aliphatic carbocycles. The summed E-state index contributed by atoms with van der Waals surface area (Å²) in [5.74, 6) is 0.939. The second kappa shape index (κ2) is 7.23. The third-order valence-corrected chi connectivity index (χ3v) is 4.36. The van der Waals surface area contributed by atoms with Crippen LogP contribution in [0.3, 0.4) is 0 Å². The molecule has 1 N–H and O–H groups in total. The normalized spacial score (nSPS) is 17.0. The molecular weight excluding hydrogens is 308 g/mol. The first kappa shape index (κ1) is 16.8. The van der Waals surface area contributed by atoms with Crippen molar-refractivity contribution in [2.24, 2.45) is 0 Å². The predicted octanol–water partition coefficient (Wildman–Crippen LogP) is 2.20. The first-order chi connectivity index (χ1) is 11.6. The van der Waals surface area contributed by atoms with Gasteiger partial charge >= 0.3 is 0 Å². The van der Waals surface area contributed by atoms with Gasteiger partial charge < -0.3 is 19.2 Å². The van der Waals surface area contributed by atoms with Gasteiger partial charge in [0.1, 0.15) is 11.3 Å². The number of methoxy groups -OCH3 is 1. The largest absolute Gasteiger partial charge is 0.497 e. The Morgan fingerprint density at radius 3 is 2.83 bits per heavy atom. The van der Waals surface area contributed by atoms with Crippen molar-refractivity contribution >= 4 is 16.9 Å². The fourth-order valence-corrected chi connectivity index (χ4v) is 3.05. The molecule has 0 unspecified atom stereocenters. The third kappa shape index (κ3) is 3.55. The van der Waals surface area contributed by atoms with Gasteiger partial charge in [0.15, 0.2) is 5.76 Å². The number of hydrogen-bond acceptors (Lipinski definition) is 5. The van der Waals surface area contributed by atoms with Gasteiger partial charge in [0.05, 0.1) is 20.3 Å². The quantitative estimate of drug-likeness (QED) is 0.909. The number of nitrogens with zero attached hydrogens (tertiary/aromatic N) is 1. The van der Waals surface area contributed by atoms with Crippen LogP contribution in [-0.4, -0.2) is 56.8 Å². The first-order valence-electron chi connectivity index (χ1n) is 8.26. The van der Waals surface area contributed by atoms with Gasteiger partial charge in [-0.2, -0.15) is 0 Å². The summed E-state index contributed by atoms with van der Waals surface area (Å²) in [7, 11) is 1.62. The zero-order valence-electron chi connectivity index (χ0n) is 14.4. The molecule has 0 spiro atoms. The summed E-state index contributed by atoms with van der Waals surface area (Å²) in [5, 5.41) is 3.93. The predicted molar refractivity (Wildman–Crippen MR) is 91.7 cm³/mol. The van der Waals surface area contributed by atoms with E-state index >= 15 is 0 Å². The summed E-state index contributed by atoms with van der Waals surface area (Å²) in [6.07, 6.45) is 0. The van der Waals surface area contributed by atoms with Crippen LogP contribution in [0.4, 0.5) is 0 Å². The van der Waals surface area contributed by atoms with Gasteiger partial charge in [-0.25, -0.2) is 0 Å². The first-order valence-corrected chi connectivity index (χ1v) is 8.26. The van der Waals surface area contributed by atoms with E-state index in [4.69, 9.17) is 13.9 Å². The molecule has 1 saturated heterocycles. The van der Waals surface area contributed by atoms with Gasteiger partial charge in [-0.1, -0.05) is 0 Å². The number of benzene rings is 1. The molecular formula is C18H24N2O4. The second-order valence-corrected chi connectivity index (χ2v) is 6.21. The lowest BCUT2D eigenvalue weighted by Gasteiger charge is -2.29. The maximum absolute atomic E-state index is 12.6. The number of fused-ring (bicyclic) bond motifs is 1. The highest BCUT2D eigenvalue weighted by Crippen LogP contribution is 2.28. The van der Waals surface area contributed by atoms with Crippen LogP contribution < -0.4 is 10.1 Å². The summed E-state index contributed by atoms with van der Waals surface area (Å²) in [5.41, 5.74) is 1.53. The number of nitrogens with one attached hydrogen (secondary N) is 1. The van der Waals surface area contributed by atoms with Crippen molar-refractivity contribution in [3.63, 3.8) is 0 Å². The summed E-state index contributed by atoms with van der Waals surface area (Å²) < 4.78 is 16.3. The molecule has 6 nitrogen and oxygen atoms in total. The van der Waals surface area contributed by atoms with E-state index in [0.29, 0.717) is 11.3 Å².